The zero-order valence-electron chi connectivity index (χ0n) is 15.8. The van der Waals surface area contributed by atoms with Gasteiger partial charge in [0.05, 0.1) is 16.9 Å². The van der Waals surface area contributed by atoms with Gasteiger partial charge >= 0.3 is 0 Å². The number of carbonyl (C=O) groups excluding carboxylic acids is 1. The first-order chi connectivity index (χ1) is 13.0. The summed E-state index contributed by atoms with van der Waals surface area (Å²) in [7, 11) is 0. The van der Waals surface area contributed by atoms with Gasteiger partial charge in [-0.1, -0.05) is 0 Å². The number of nitrogens with zero attached hydrogens (tertiary/aromatic N) is 5. The molecule has 1 aromatic heterocycles. The Labute approximate surface area is 158 Å². The summed E-state index contributed by atoms with van der Waals surface area (Å²) < 4.78 is 0. The molecule has 1 aliphatic rings. The molecule has 8 nitrogen and oxygen atoms in total. The molecule has 1 fully saturated rings. The fraction of sp³-hybridized carbons (Fsp3) is 0.474. The van der Waals surface area contributed by atoms with E-state index < -0.39 is 0 Å². The minimum atomic E-state index is -0.370. The number of benzene rings is 1. The molecule has 0 saturated carbocycles. The molecule has 27 heavy (non-hydrogen) atoms. The van der Waals surface area contributed by atoms with Crippen molar-refractivity contribution in [2.45, 2.75) is 13.8 Å². The Morgan fingerprint density at radius 1 is 1.15 bits per heavy atom. The van der Waals surface area contributed by atoms with Gasteiger partial charge in [0.1, 0.15) is 0 Å². The minimum absolute atomic E-state index is 0.0744. The van der Waals surface area contributed by atoms with Gasteiger partial charge in [-0.15, -0.1) is 0 Å². The highest BCUT2D eigenvalue weighted by Gasteiger charge is 2.23. The Hall–Kier alpha value is -2.74. The molecule has 0 spiro atoms. The van der Waals surface area contributed by atoms with E-state index in [4.69, 9.17) is 0 Å². The highest BCUT2D eigenvalue weighted by molar-refractivity contribution is 5.99. The molecule has 1 aliphatic heterocycles. The molecule has 0 unspecified atom stereocenters. The van der Waals surface area contributed by atoms with Crippen LogP contribution < -0.4 is 4.90 Å². The molecule has 0 N–H and O–H groups in total. The molecule has 2 aromatic rings. The molecular weight excluding hydrogens is 346 g/mol. The standard InChI is InChI=1S/C19H25N5O3/c1-3-22(4-2)19(25)14-21-9-11-23(12-10-21)17-5-6-18(24(26)27)16-13-20-8-7-15(16)17/h5-8,13H,3-4,9-12,14H2,1-2H3. The Morgan fingerprint density at radius 2 is 1.85 bits per heavy atom. The highest BCUT2D eigenvalue weighted by atomic mass is 16.6. The van der Waals surface area contributed by atoms with Gasteiger partial charge in [0.15, 0.2) is 0 Å². The van der Waals surface area contributed by atoms with E-state index in [1.807, 2.05) is 30.9 Å². The van der Waals surface area contributed by atoms with Crippen molar-refractivity contribution in [2.75, 3.05) is 50.7 Å². The lowest BCUT2D eigenvalue weighted by Gasteiger charge is -2.37. The maximum atomic E-state index is 12.3. The Kier molecular flexibility index (Phi) is 5.85. The first-order valence-corrected chi connectivity index (χ1v) is 9.31. The molecule has 1 aromatic carbocycles. The smallest absolute Gasteiger partial charge is 0.278 e. The van der Waals surface area contributed by atoms with Crippen molar-refractivity contribution < 1.29 is 9.72 Å². The zero-order valence-corrected chi connectivity index (χ0v) is 15.8. The second-order valence-corrected chi connectivity index (χ2v) is 6.61. The lowest BCUT2D eigenvalue weighted by Crippen LogP contribution is -2.50. The van der Waals surface area contributed by atoms with Crippen LogP contribution in [-0.2, 0) is 4.79 Å². The normalized spacial score (nSPS) is 15.1. The summed E-state index contributed by atoms with van der Waals surface area (Å²) in [6.07, 6.45) is 3.21. The van der Waals surface area contributed by atoms with Crippen LogP contribution in [0.1, 0.15) is 13.8 Å². The molecule has 0 atom stereocenters. The summed E-state index contributed by atoms with van der Waals surface area (Å²) in [6, 6.07) is 5.20. The number of fused-ring (bicyclic) bond motifs is 1. The Morgan fingerprint density at radius 3 is 2.48 bits per heavy atom. The number of pyridine rings is 1. The Bertz CT molecular complexity index is 829. The zero-order chi connectivity index (χ0) is 19.4. The molecular formula is C19H25N5O3. The largest absolute Gasteiger partial charge is 0.368 e. The quantitative estimate of drug-likeness (QED) is 0.571. The van der Waals surface area contributed by atoms with Gasteiger partial charge in [-0.2, -0.15) is 0 Å². The SMILES string of the molecule is CCN(CC)C(=O)CN1CCN(c2ccc([N+](=O)[O-])c3cnccc23)CC1. The Balaban J connectivity index is 1.73. The van der Waals surface area contributed by atoms with Crippen molar-refractivity contribution in [1.29, 1.82) is 0 Å². The monoisotopic (exact) mass is 371 g/mol. The maximum Gasteiger partial charge on any atom is 0.278 e. The van der Waals surface area contributed by atoms with Crippen molar-refractivity contribution in [2.24, 2.45) is 0 Å². The van der Waals surface area contributed by atoms with Gasteiger partial charge in [0, 0.05) is 68.8 Å². The molecule has 144 valence electrons. The number of hydrogen-bond acceptors (Lipinski definition) is 6. The van der Waals surface area contributed by atoms with Crippen molar-refractivity contribution in [3.63, 3.8) is 0 Å². The predicted octanol–water partition coefficient (Wildman–Crippen LogP) is 2.13. The van der Waals surface area contributed by atoms with Gasteiger partial charge < -0.3 is 9.80 Å². The van der Waals surface area contributed by atoms with Crippen molar-refractivity contribution >= 4 is 28.1 Å². The van der Waals surface area contributed by atoms with Crippen LogP contribution >= 0.6 is 0 Å². The molecule has 1 amide bonds. The van der Waals surface area contributed by atoms with Crippen molar-refractivity contribution in [1.82, 2.24) is 14.8 Å². The van der Waals surface area contributed by atoms with Gasteiger partial charge in [-0.05, 0) is 26.0 Å². The lowest BCUT2D eigenvalue weighted by molar-refractivity contribution is -0.383. The number of aromatic nitrogens is 1. The third-order valence-electron chi connectivity index (χ3n) is 5.16. The van der Waals surface area contributed by atoms with Crippen LogP contribution in [0.25, 0.3) is 10.8 Å². The number of non-ortho nitro benzene ring substituents is 1. The van der Waals surface area contributed by atoms with E-state index in [1.54, 1.807) is 18.5 Å². The number of rotatable bonds is 6. The number of carbonyl (C=O) groups is 1. The van der Waals surface area contributed by atoms with Crippen LogP contribution in [0.4, 0.5) is 11.4 Å². The number of likely N-dealkylation sites (N-methyl/N-ethyl adjacent to an activating group) is 1. The van der Waals surface area contributed by atoms with E-state index in [-0.39, 0.29) is 16.5 Å². The van der Waals surface area contributed by atoms with Crippen LogP contribution in [0.2, 0.25) is 0 Å². The fourth-order valence-corrected chi connectivity index (χ4v) is 3.61. The average Bonchev–Trinajstić information content (AvgIpc) is 2.68. The van der Waals surface area contributed by atoms with Crippen LogP contribution in [-0.4, -0.2) is 71.4 Å². The minimum Gasteiger partial charge on any atom is -0.368 e. The number of anilines is 1. The molecule has 0 bridgehead atoms. The first kappa shape index (κ1) is 19.0. The molecule has 1 saturated heterocycles. The van der Waals surface area contributed by atoms with Crippen LogP contribution in [0.5, 0.6) is 0 Å². The number of piperazine rings is 1. The average molecular weight is 371 g/mol. The number of nitro benzene ring substituents is 1. The van der Waals surface area contributed by atoms with Gasteiger partial charge in [-0.3, -0.25) is 24.8 Å². The molecule has 3 rings (SSSR count). The molecule has 8 heteroatoms. The summed E-state index contributed by atoms with van der Waals surface area (Å²) in [5.74, 6) is 0.167. The third kappa shape index (κ3) is 4.00. The molecule has 0 aliphatic carbocycles. The maximum absolute atomic E-state index is 12.3. The van der Waals surface area contributed by atoms with Crippen LogP contribution in [0, 0.1) is 10.1 Å². The number of amides is 1. The van der Waals surface area contributed by atoms with E-state index in [1.165, 1.54) is 0 Å². The van der Waals surface area contributed by atoms with Crippen molar-refractivity contribution in [3.8, 4) is 0 Å². The summed E-state index contributed by atoms with van der Waals surface area (Å²) in [5.41, 5.74) is 1.05. The molecule has 0 radical (unpaired) electrons. The van der Waals surface area contributed by atoms with Gasteiger partial charge in [0.25, 0.3) is 5.69 Å². The van der Waals surface area contributed by atoms with E-state index in [0.29, 0.717) is 11.9 Å². The summed E-state index contributed by atoms with van der Waals surface area (Å²) >= 11 is 0. The van der Waals surface area contributed by atoms with Crippen molar-refractivity contribution in [3.05, 3.63) is 40.7 Å². The summed E-state index contributed by atoms with van der Waals surface area (Å²) in [5, 5.41) is 12.7. The van der Waals surface area contributed by atoms with Gasteiger partial charge in [-0.25, -0.2) is 0 Å². The molecule has 2 heterocycles. The predicted molar refractivity (Wildman–Crippen MR) is 105 cm³/mol. The van der Waals surface area contributed by atoms with E-state index in [9.17, 15) is 14.9 Å². The second kappa shape index (κ2) is 8.30. The third-order valence-corrected chi connectivity index (χ3v) is 5.16. The number of nitro groups is 1. The summed E-state index contributed by atoms with van der Waals surface area (Å²) in [4.78, 5) is 33.5. The number of hydrogen-bond donors (Lipinski definition) is 0. The first-order valence-electron chi connectivity index (χ1n) is 9.31. The lowest BCUT2D eigenvalue weighted by atomic mass is 10.1. The van der Waals surface area contributed by atoms with E-state index in [2.05, 4.69) is 14.8 Å². The van der Waals surface area contributed by atoms with Gasteiger partial charge in [0.2, 0.25) is 5.91 Å². The van der Waals surface area contributed by atoms with E-state index in [0.717, 1.165) is 50.3 Å². The highest BCUT2D eigenvalue weighted by Crippen LogP contribution is 2.33. The second-order valence-electron chi connectivity index (χ2n) is 6.61. The summed E-state index contributed by atoms with van der Waals surface area (Å²) in [6.45, 7) is 9.03. The van der Waals surface area contributed by atoms with Crippen LogP contribution in [0.3, 0.4) is 0 Å². The topological polar surface area (TPSA) is 82.8 Å². The van der Waals surface area contributed by atoms with E-state index >= 15 is 0 Å². The van der Waals surface area contributed by atoms with Crippen LogP contribution in [0.15, 0.2) is 30.6 Å². The fourth-order valence-electron chi connectivity index (χ4n) is 3.61.